The van der Waals surface area contributed by atoms with Crippen molar-refractivity contribution in [1.29, 1.82) is 0 Å². The number of ketones is 2. The number of rotatable bonds is 4. The molecule has 0 spiro atoms. The number of carbonyl (C=O) groups excluding carboxylic acids is 2. The Morgan fingerprint density at radius 3 is 1.32 bits per heavy atom. The van der Waals surface area contributed by atoms with Crippen LogP contribution >= 0.6 is 0 Å². The molecule has 0 amide bonds. The number of hydrogen-bond donors (Lipinski definition) is 0. The van der Waals surface area contributed by atoms with Gasteiger partial charge < -0.3 is 0 Å². The molecule has 0 heterocycles. The van der Waals surface area contributed by atoms with Crippen LogP contribution in [-0.2, 0) is 9.59 Å². The van der Waals surface area contributed by atoms with Crippen LogP contribution in [0.2, 0.25) is 0 Å². The Labute approximate surface area is 158 Å². The summed E-state index contributed by atoms with van der Waals surface area (Å²) in [5.74, 6) is 0.930. The van der Waals surface area contributed by atoms with Crippen LogP contribution in [0.3, 0.4) is 0 Å². The molecular weight excluding hydrogens is 308 g/mol. The summed E-state index contributed by atoms with van der Waals surface area (Å²) in [5.41, 5.74) is 0.178. The number of carbonyl (C=O) groups is 2. The van der Waals surface area contributed by atoms with Gasteiger partial charge in [0.2, 0.25) is 0 Å². The average molecular weight is 355 g/mol. The molecule has 150 valence electrons. The lowest BCUT2D eigenvalue weighted by molar-refractivity contribution is -0.130. The minimum absolute atomic E-state index is 0.161. The van der Waals surface area contributed by atoms with Crippen LogP contribution in [0.5, 0.6) is 0 Å². The molecule has 2 nitrogen and oxygen atoms in total. The highest BCUT2D eigenvalue weighted by Crippen LogP contribution is 2.29. The van der Waals surface area contributed by atoms with E-state index < -0.39 is 0 Å². The first-order valence-electron chi connectivity index (χ1n) is 9.74. The van der Waals surface area contributed by atoms with Crippen molar-refractivity contribution >= 4 is 11.6 Å². The first-order chi connectivity index (χ1) is 10.7. The van der Waals surface area contributed by atoms with Crippen LogP contribution in [0.15, 0.2) is 0 Å². The van der Waals surface area contributed by atoms with Gasteiger partial charge in [-0.2, -0.15) is 0 Å². The highest BCUT2D eigenvalue weighted by atomic mass is 16.1. The van der Waals surface area contributed by atoms with Gasteiger partial charge in [0.05, 0.1) is 0 Å². The molecule has 0 saturated heterocycles. The zero-order chi connectivity index (χ0) is 20.9. The van der Waals surface area contributed by atoms with Crippen molar-refractivity contribution in [3.8, 4) is 0 Å². The van der Waals surface area contributed by atoms with Gasteiger partial charge in [-0.3, -0.25) is 9.59 Å². The normalized spacial score (nSPS) is 14.4. The van der Waals surface area contributed by atoms with E-state index in [1.165, 1.54) is 0 Å². The molecule has 0 N–H and O–H groups in total. The van der Waals surface area contributed by atoms with Crippen molar-refractivity contribution in [3.63, 3.8) is 0 Å². The molecular formula is C23H46O2. The van der Waals surface area contributed by atoms with E-state index in [0.29, 0.717) is 18.0 Å². The lowest BCUT2D eigenvalue weighted by Gasteiger charge is -2.27. The fourth-order valence-corrected chi connectivity index (χ4v) is 2.61. The van der Waals surface area contributed by atoms with Crippen molar-refractivity contribution in [2.75, 3.05) is 0 Å². The van der Waals surface area contributed by atoms with Gasteiger partial charge in [-0.25, -0.2) is 0 Å². The molecule has 0 fully saturated rings. The van der Waals surface area contributed by atoms with Gasteiger partial charge in [-0.1, -0.05) is 90.0 Å². The SMILES string of the molecule is CC(C)(C)CCC(=O)C(C)(C)C.CC(CC(C)(C)C)C(=O)C(C)(C)C. The zero-order valence-corrected chi connectivity index (χ0v) is 19.5. The summed E-state index contributed by atoms with van der Waals surface area (Å²) >= 11 is 0. The molecule has 0 aromatic heterocycles. The van der Waals surface area contributed by atoms with E-state index in [9.17, 15) is 9.59 Å². The van der Waals surface area contributed by atoms with Gasteiger partial charge >= 0.3 is 0 Å². The summed E-state index contributed by atoms with van der Waals surface area (Å²) in [6.45, 7) is 27.0. The predicted octanol–water partition coefficient (Wildman–Crippen LogP) is 7.10. The Balaban J connectivity index is 0. The molecule has 0 aliphatic heterocycles. The van der Waals surface area contributed by atoms with E-state index in [2.05, 4.69) is 41.5 Å². The predicted molar refractivity (Wildman–Crippen MR) is 111 cm³/mol. The Kier molecular flexibility index (Phi) is 9.91. The van der Waals surface area contributed by atoms with Crippen LogP contribution < -0.4 is 0 Å². The van der Waals surface area contributed by atoms with Crippen LogP contribution in [0.1, 0.15) is 109 Å². The molecule has 1 unspecified atom stereocenters. The second-order valence-corrected chi connectivity index (χ2v) is 12.0. The van der Waals surface area contributed by atoms with Crippen LogP contribution in [-0.4, -0.2) is 11.6 Å². The van der Waals surface area contributed by atoms with Crippen molar-refractivity contribution in [2.45, 2.75) is 109 Å². The summed E-state index contributed by atoms with van der Waals surface area (Å²) < 4.78 is 0. The summed E-state index contributed by atoms with van der Waals surface area (Å²) in [5, 5.41) is 0. The van der Waals surface area contributed by atoms with E-state index in [1.54, 1.807) is 0 Å². The highest BCUT2D eigenvalue weighted by molar-refractivity contribution is 5.85. The maximum absolute atomic E-state index is 11.8. The van der Waals surface area contributed by atoms with Gasteiger partial charge in [-0.05, 0) is 23.7 Å². The number of Topliss-reactive ketones (excluding diaryl/α,β-unsaturated/α-hetero) is 2. The van der Waals surface area contributed by atoms with Gasteiger partial charge in [0.15, 0.2) is 0 Å². The minimum Gasteiger partial charge on any atom is -0.299 e. The molecule has 25 heavy (non-hydrogen) atoms. The first kappa shape index (κ1) is 26.6. The van der Waals surface area contributed by atoms with Crippen LogP contribution in [0.4, 0.5) is 0 Å². The van der Waals surface area contributed by atoms with E-state index in [-0.39, 0.29) is 27.6 Å². The van der Waals surface area contributed by atoms with E-state index >= 15 is 0 Å². The maximum Gasteiger partial charge on any atom is 0.141 e. The van der Waals surface area contributed by atoms with Crippen molar-refractivity contribution in [2.24, 2.45) is 27.6 Å². The Bertz CT molecular complexity index is 417. The third kappa shape index (κ3) is 15.3. The maximum atomic E-state index is 11.8. The Morgan fingerprint density at radius 2 is 1.08 bits per heavy atom. The minimum atomic E-state index is -0.190. The van der Waals surface area contributed by atoms with Crippen LogP contribution in [0.25, 0.3) is 0 Å². The second kappa shape index (κ2) is 9.33. The molecule has 0 aliphatic carbocycles. The summed E-state index contributed by atoms with van der Waals surface area (Å²) in [6, 6.07) is 0. The molecule has 0 bridgehead atoms. The lowest BCUT2D eigenvalue weighted by atomic mass is 9.77. The van der Waals surface area contributed by atoms with Gasteiger partial charge in [0.25, 0.3) is 0 Å². The fourth-order valence-electron chi connectivity index (χ4n) is 2.61. The molecule has 0 radical (unpaired) electrons. The molecule has 0 aromatic rings. The highest BCUT2D eigenvalue weighted by Gasteiger charge is 2.29. The molecule has 1 atom stereocenters. The summed E-state index contributed by atoms with van der Waals surface area (Å²) in [4.78, 5) is 23.4. The Hall–Kier alpha value is -0.660. The zero-order valence-electron chi connectivity index (χ0n) is 19.5. The van der Waals surface area contributed by atoms with E-state index in [4.69, 9.17) is 0 Å². The summed E-state index contributed by atoms with van der Waals surface area (Å²) in [7, 11) is 0. The van der Waals surface area contributed by atoms with E-state index in [0.717, 1.165) is 12.8 Å². The molecule has 2 heteroatoms. The van der Waals surface area contributed by atoms with Gasteiger partial charge in [-0.15, -0.1) is 0 Å². The molecule has 0 aromatic carbocycles. The number of hydrogen-bond acceptors (Lipinski definition) is 2. The Morgan fingerprint density at radius 1 is 0.680 bits per heavy atom. The first-order valence-corrected chi connectivity index (χ1v) is 9.74. The lowest BCUT2D eigenvalue weighted by Crippen LogP contribution is -2.29. The largest absolute Gasteiger partial charge is 0.299 e. The van der Waals surface area contributed by atoms with Crippen molar-refractivity contribution in [1.82, 2.24) is 0 Å². The quantitative estimate of drug-likeness (QED) is 0.539. The molecule has 0 rings (SSSR count). The van der Waals surface area contributed by atoms with Crippen molar-refractivity contribution in [3.05, 3.63) is 0 Å². The fraction of sp³-hybridized carbons (Fsp3) is 0.913. The van der Waals surface area contributed by atoms with Crippen LogP contribution in [0, 0.1) is 27.6 Å². The van der Waals surface area contributed by atoms with E-state index in [1.807, 2.05) is 48.5 Å². The van der Waals surface area contributed by atoms with Gasteiger partial charge in [0.1, 0.15) is 11.6 Å². The van der Waals surface area contributed by atoms with Crippen molar-refractivity contribution < 1.29 is 9.59 Å². The monoisotopic (exact) mass is 354 g/mol. The topological polar surface area (TPSA) is 34.1 Å². The smallest absolute Gasteiger partial charge is 0.141 e. The second-order valence-electron chi connectivity index (χ2n) is 12.0. The third-order valence-corrected chi connectivity index (χ3v) is 4.04. The standard InChI is InChI=1S/C12H24O.C11H22O/c1-9(8-11(2,3)4)10(13)12(5,6)7;1-10(2,3)8-7-9(12)11(4,5)6/h9H,8H2,1-7H3;7-8H2,1-6H3. The molecule has 0 aliphatic rings. The molecule has 0 saturated carbocycles. The summed E-state index contributed by atoms with van der Waals surface area (Å²) in [6.07, 6.45) is 2.68. The third-order valence-electron chi connectivity index (χ3n) is 4.04. The average Bonchev–Trinajstić information content (AvgIpc) is 2.30. The van der Waals surface area contributed by atoms with Gasteiger partial charge in [0, 0.05) is 23.2 Å².